The molecule has 6 heteroatoms. The van der Waals surface area contributed by atoms with Crippen LogP contribution in [0, 0.1) is 6.92 Å². The Morgan fingerprint density at radius 2 is 1.30 bits per heavy atom. The van der Waals surface area contributed by atoms with Gasteiger partial charge in [0, 0.05) is 5.69 Å². The Morgan fingerprint density at radius 1 is 0.800 bits per heavy atom. The van der Waals surface area contributed by atoms with E-state index < -0.39 is 0 Å². The Labute approximate surface area is 200 Å². The molecule has 3 rings (SSSR count). The molecule has 0 saturated carbocycles. The van der Waals surface area contributed by atoms with Gasteiger partial charge < -0.3 is 0 Å². The molecule has 0 aliphatic rings. The molecule has 0 bridgehead atoms. The van der Waals surface area contributed by atoms with Gasteiger partial charge in [0.05, 0.1) is 29.0 Å². The standard InChI is InChI=1S/C24H27N3.2BrH.Fe/c1-16(2)20-11-8-12-21(17(3)4)24(20)25-15-19-10-7-14-23(27-19)22-13-6-9-18(5)26-22;;;/h6-17H,1-5H3;2*1H;/q;;;+2/p-2. The number of hydrogen-bond acceptors (Lipinski definition) is 3. The van der Waals surface area contributed by atoms with E-state index in [4.69, 9.17) is 9.98 Å². The van der Waals surface area contributed by atoms with E-state index in [1.807, 2.05) is 49.5 Å². The van der Waals surface area contributed by atoms with Crippen LogP contribution in [0.3, 0.4) is 0 Å². The molecular weight excluding hydrogens is 546 g/mol. The summed E-state index contributed by atoms with van der Waals surface area (Å²) in [5, 5.41) is 0. The molecule has 0 spiro atoms. The van der Waals surface area contributed by atoms with Gasteiger partial charge in [0.25, 0.3) is 0 Å². The summed E-state index contributed by atoms with van der Waals surface area (Å²) in [4.78, 5) is 14.2. The number of rotatable bonds is 5. The minimum atomic E-state index is 0.423. The third-order valence-corrected chi connectivity index (χ3v) is 4.59. The molecular formula is C24H27Br2FeN3. The van der Waals surface area contributed by atoms with Gasteiger partial charge in [0.2, 0.25) is 0 Å². The molecule has 0 amide bonds. The number of para-hydroxylation sites is 1. The fourth-order valence-corrected chi connectivity index (χ4v) is 3.14. The first kappa shape index (κ1) is 24.9. The second-order valence-electron chi connectivity index (χ2n) is 7.52. The van der Waals surface area contributed by atoms with Gasteiger partial charge in [-0.3, -0.25) is 9.98 Å². The van der Waals surface area contributed by atoms with Crippen molar-refractivity contribution in [3.8, 4) is 11.4 Å². The van der Waals surface area contributed by atoms with Crippen LogP contribution in [0.4, 0.5) is 5.69 Å². The maximum atomic E-state index is 4.86. The zero-order valence-electron chi connectivity index (χ0n) is 17.9. The number of aryl methyl sites for hydroxylation is 1. The number of halogens is 2. The number of aliphatic imine (C=N–C) groups is 1. The van der Waals surface area contributed by atoms with Gasteiger partial charge in [-0.05, 0) is 54.2 Å². The molecule has 0 aliphatic heterocycles. The number of benzene rings is 1. The van der Waals surface area contributed by atoms with E-state index in [0.29, 0.717) is 11.8 Å². The summed E-state index contributed by atoms with van der Waals surface area (Å²) in [5.74, 6) is 0.846. The van der Waals surface area contributed by atoms with Gasteiger partial charge in [-0.1, -0.05) is 58.0 Å². The van der Waals surface area contributed by atoms with Crippen molar-refractivity contribution >= 4 is 40.1 Å². The average Bonchev–Trinajstić information content (AvgIpc) is 2.72. The topological polar surface area (TPSA) is 38.1 Å². The van der Waals surface area contributed by atoms with E-state index >= 15 is 0 Å². The van der Waals surface area contributed by atoms with Crippen molar-refractivity contribution in [1.29, 1.82) is 0 Å². The molecule has 0 saturated heterocycles. The monoisotopic (exact) mass is 571 g/mol. The molecule has 30 heavy (non-hydrogen) atoms. The van der Waals surface area contributed by atoms with Crippen molar-refractivity contribution in [2.24, 2.45) is 4.99 Å². The second-order valence-corrected chi connectivity index (χ2v) is 13.1. The first-order valence-electron chi connectivity index (χ1n) is 9.80. The maximum absolute atomic E-state index is 4.86. The summed E-state index contributed by atoms with van der Waals surface area (Å²) in [6.07, 6.45) is 1.87. The van der Waals surface area contributed by atoms with E-state index in [2.05, 4.69) is 79.1 Å². The summed E-state index contributed by atoms with van der Waals surface area (Å²) in [5.41, 5.74) is 7.19. The van der Waals surface area contributed by atoms with Crippen LogP contribution in [-0.2, 0) is 11.3 Å². The Bertz CT molecular complexity index is 961. The molecule has 0 unspecified atom stereocenters. The Balaban J connectivity index is 0.00000101. The number of aromatic nitrogens is 2. The Morgan fingerprint density at radius 3 is 1.83 bits per heavy atom. The molecule has 2 heterocycles. The Kier molecular flexibility index (Phi) is 10.4. The van der Waals surface area contributed by atoms with Crippen LogP contribution in [0.2, 0.25) is 0 Å². The molecule has 0 atom stereocenters. The third kappa shape index (κ3) is 7.12. The first-order valence-corrected chi connectivity index (χ1v) is 15.3. The van der Waals surface area contributed by atoms with Crippen LogP contribution in [0.15, 0.2) is 59.6 Å². The molecule has 0 N–H and O–H groups in total. The quantitative estimate of drug-likeness (QED) is 0.229. The Hall–Kier alpha value is -1.33. The predicted molar refractivity (Wildman–Crippen MR) is 132 cm³/mol. The van der Waals surface area contributed by atoms with Gasteiger partial charge >= 0.3 is 39.6 Å². The van der Waals surface area contributed by atoms with Crippen molar-refractivity contribution in [2.75, 3.05) is 0 Å². The summed E-state index contributed by atoms with van der Waals surface area (Å²) < 4.78 is 0. The van der Waals surface area contributed by atoms with Gasteiger partial charge in [-0.25, -0.2) is 4.98 Å². The molecule has 0 fully saturated rings. The van der Waals surface area contributed by atoms with E-state index in [1.54, 1.807) is 0 Å². The third-order valence-electron chi connectivity index (χ3n) is 4.59. The molecule has 160 valence electrons. The van der Waals surface area contributed by atoms with Gasteiger partial charge in [-0.2, -0.15) is 0 Å². The summed E-state index contributed by atoms with van der Waals surface area (Å²) in [7, 11) is 0. The van der Waals surface area contributed by atoms with Crippen molar-refractivity contribution in [3.05, 3.63) is 77.1 Å². The SMILES string of the molecule is Cc1cccc(-c2cccc(C=Nc3c(C(C)C)cccc3C(C)C)n2)n1.[Br][Fe][Br]. The zero-order chi connectivity index (χ0) is 22.1. The van der Waals surface area contributed by atoms with E-state index in [0.717, 1.165) is 39.8 Å². The zero-order valence-corrected chi connectivity index (χ0v) is 22.2. The molecule has 3 aromatic rings. The van der Waals surface area contributed by atoms with Crippen LogP contribution < -0.4 is 0 Å². The number of hydrogen-bond donors (Lipinski definition) is 0. The van der Waals surface area contributed by atoms with Gasteiger partial charge in [0.15, 0.2) is 0 Å². The summed E-state index contributed by atoms with van der Waals surface area (Å²) >= 11 is 7.00. The van der Waals surface area contributed by atoms with Crippen LogP contribution in [-0.4, -0.2) is 16.2 Å². The molecule has 0 aliphatic carbocycles. The first-order chi connectivity index (χ1) is 14.4. The molecule has 0 radical (unpaired) electrons. The average molecular weight is 573 g/mol. The molecule has 3 nitrogen and oxygen atoms in total. The molecule has 1 aromatic carbocycles. The molecule has 2 aromatic heterocycles. The van der Waals surface area contributed by atoms with E-state index in [9.17, 15) is 0 Å². The van der Waals surface area contributed by atoms with Crippen molar-refractivity contribution in [2.45, 2.75) is 46.5 Å². The summed E-state index contributed by atoms with van der Waals surface area (Å²) in [6.45, 7) is 10.8. The van der Waals surface area contributed by atoms with Crippen LogP contribution in [0.25, 0.3) is 11.4 Å². The van der Waals surface area contributed by atoms with Crippen molar-refractivity contribution in [1.82, 2.24) is 9.97 Å². The van der Waals surface area contributed by atoms with Gasteiger partial charge in [0.1, 0.15) is 0 Å². The summed E-state index contributed by atoms with van der Waals surface area (Å²) in [6, 6.07) is 18.4. The van der Waals surface area contributed by atoms with Crippen LogP contribution in [0.5, 0.6) is 0 Å². The van der Waals surface area contributed by atoms with Crippen molar-refractivity contribution in [3.63, 3.8) is 0 Å². The van der Waals surface area contributed by atoms with Crippen LogP contribution >= 0.6 is 28.2 Å². The van der Waals surface area contributed by atoms with E-state index in [-0.39, 0.29) is 0 Å². The number of nitrogens with zero attached hydrogens (tertiary/aromatic N) is 3. The van der Waals surface area contributed by atoms with Crippen molar-refractivity contribution < 1.29 is 11.3 Å². The van der Waals surface area contributed by atoms with E-state index in [1.165, 1.54) is 11.1 Å². The number of pyridine rings is 2. The van der Waals surface area contributed by atoms with Crippen LogP contribution in [0.1, 0.15) is 62.0 Å². The fraction of sp³-hybridized carbons (Fsp3) is 0.292. The second kappa shape index (κ2) is 12.5. The minimum absolute atomic E-state index is 0.423. The fourth-order valence-electron chi connectivity index (χ4n) is 3.14. The normalized spacial score (nSPS) is 11.2. The van der Waals surface area contributed by atoms with Gasteiger partial charge in [-0.15, -0.1) is 0 Å². The predicted octanol–water partition coefficient (Wildman–Crippen LogP) is 8.14.